The lowest BCUT2D eigenvalue weighted by atomic mass is 9.90. The second-order valence-corrected chi connectivity index (χ2v) is 8.43. The molecule has 2 amide bonds. The van der Waals surface area contributed by atoms with Gasteiger partial charge in [0.1, 0.15) is 5.92 Å². The summed E-state index contributed by atoms with van der Waals surface area (Å²) in [5, 5.41) is 2.20. The average Bonchev–Trinajstić information content (AvgIpc) is 3.36. The maximum absolute atomic E-state index is 13.6. The number of carbonyl (C=O) groups is 3. The van der Waals surface area contributed by atoms with Crippen molar-refractivity contribution in [1.82, 2.24) is 0 Å². The van der Waals surface area contributed by atoms with Crippen LogP contribution < -0.4 is 9.96 Å². The number of carbonyl (C=O) groups excluding carboxylic acids is 3. The normalized spacial score (nSPS) is 21.6. The highest BCUT2D eigenvalue weighted by molar-refractivity contribution is 6.30. The summed E-state index contributed by atoms with van der Waals surface area (Å²) >= 11 is 6.05. The molecule has 5 rings (SSSR count). The Hall–Kier alpha value is -3.68. The zero-order chi connectivity index (χ0) is 23.8. The molecule has 7 nitrogen and oxygen atoms in total. The van der Waals surface area contributed by atoms with Crippen LogP contribution in [0.15, 0.2) is 78.9 Å². The van der Waals surface area contributed by atoms with Crippen LogP contribution in [0.2, 0.25) is 5.02 Å². The molecule has 2 heterocycles. The van der Waals surface area contributed by atoms with Gasteiger partial charge in [0.25, 0.3) is 5.91 Å². The summed E-state index contributed by atoms with van der Waals surface area (Å²) in [5.74, 6) is -2.01. The van der Waals surface area contributed by atoms with E-state index in [0.717, 1.165) is 10.5 Å². The molecule has 2 aliphatic heterocycles. The number of rotatable bonds is 5. The predicted molar refractivity (Wildman–Crippen MR) is 126 cm³/mol. The van der Waals surface area contributed by atoms with Gasteiger partial charge in [0.15, 0.2) is 6.10 Å². The van der Waals surface area contributed by atoms with Crippen molar-refractivity contribution < 1.29 is 24.0 Å². The molecule has 2 fully saturated rings. The Balaban J connectivity index is 1.49. The smallest absolute Gasteiger partial charge is 0.338 e. The molecule has 0 saturated carbocycles. The Kier molecular flexibility index (Phi) is 5.81. The molecule has 2 aliphatic rings. The number of benzene rings is 3. The number of esters is 1. The number of fused-ring (bicyclic) bond motifs is 1. The first kappa shape index (κ1) is 22.1. The number of amides is 2. The molecule has 0 spiro atoms. The number of anilines is 2. The Labute approximate surface area is 201 Å². The summed E-state index contributed by atoms with van der Waals surface area (Å²) in [6.45, 7) is 1.98. The third-order valence-electron chi connectivity index (χ3n) is 5.97. The molecule has 0 unspecified atom stereocenters. The van der Waals surface area contributed by atoms with Crippen LogP contribution in [0.25, 0.3) is 0 Å². The third-order valence-corrected chi connectivity index (χ3v) is 6.23. The minimum Gasteiger partial charge on any atom is -0.462 e. The van der Waals surface area contributed by atoms with Crippen molar-refractivity contribution >= 4 is 40.8 Å². The molecule has 0 radical (unpaired) electrons. The molecule has 34 heavy (non-hydrogen) atoms. The lowest BCUT2D eigenvalue weighted by Gasteiger charge is -2.28. The zero-order valence-electron chi connectivity index (χ0n) is 18.3. The summed E-state index contributed by atoms with van der Waals surface area (Å²) < 4.78 is 5.00. The van der Waals surface area contributed by atoms with Gasteiger partial charge in [0.2, 0.25) is 5.91 Å². The number of nitrogens with zero attached hydrogens (tertiary/aromatic N) is 2. The maximum atomic E-state index is 13.6. The molecular weight excluding hydrogens is 456 g/mol. The van der Waals surface area contributed by atoms with E-state index in [-0.39, 0.29) is 12.5 Å². The van der Waals surface area contributed by atoms with Crippen LogP contribution in [0.3, 0.4) is 0 Å². The van der Waals surface area contributed by atoms with Crippen molar-refractivity contribution in [3.05, 3.63) is 95.0 Å². The summed E-state index contributed by atoms with van der Waals surface area (Å²) in [6, 6.07) is 22.2. The number of hydrogen-bond donors (Lipinski definition) is 0. The van der Waals surface area contributed by atoms with E-state index in [9.17, 15) is 14.4 Å². The Morgan fingerprint density at radius 1 is 0.912 bits per heavy atom. The number of hydrogen-bond acceptors (Lipinski definition) is 6. The van der Waals surface area contributed by atoms with Gasteiger partial charge in [-0.25, -0.2) is 14.8 Å². The first-order valence-electron chi connectivity index (χ1n) is 10.9. The highest BCUT2D eigenvalue weighted by Gasteiger charge is 2.60. The van der Waals surface area contributed by atoms with E-state index in [1.165, 1.54) is 12.1 Å². The van der Waals surface area contributed by atoms with Gasteiger partial charge >= 0.3 is 5.97 Å². The molecule has 3 aromatic carbocycles. The highest BCUT2D eigenvalue weighted by Crippen LogP contribution is 2.47. The fourth-order valence-corrected chi connectivity index (χ4v) is 4.56. The highest BCUT2D eigenvalue weighted by atomic mass is 35.5. The van der Waals surface area contributed by atoms with E-state index >= 15 is 0 Å². The lowest BCUT2D eigenvalue weighted by molar-refractivity contribution is -0.126. The summed E-state index contributed by atoms with van der Waals surface area (Å²) in [7, 11) is 0. The molecule has 0 bridgehead atoms. The molecule has 3 atom stereocenters. The molecule has 8 heteroatoms. The molecule has 3 aromatic rings. The number of imide groups is 1. The standard InChI is InChI=1S/C26H21ClN2O5/c1-2-33-26(32)17-8-12-19(13-9-17)28-24(30)21-22(16-6-4-3-5-7-16)29(34-23(21)25(28)31)20-14-10-18(27)11-15-20/h3-15,21-23H,2H2,1H3/t21-,22-,23-/m0/s1. The van der Waals surface area contributed by atoms with Crippen molar-refractivity contribution in [2.75, 3.05) is 16.6 Å². The van der Waals surface area contributed by atoms with Gasteiger partial charge in [-0.3, -0.25) is 14.4 Å². The topological polar surface area (TPSA) is 76.2 Å². The van der Waals surface area contributed by atoms with Crippen molar-refractivity contribution in [2.24, 2.45) is 5.92 Å². The van der Waals surface area contributed by atoms with Gasteiger partial charge in [-0.1, -0.05) is 41.9 Å². The van der Waals surface area contributed by atoms with Crippen molar-refractivity contribution in [3.63, 3.8) is 0 Å². The van der Waals surface area contributed by atoms with Crippen molar-refractivity contribution in [1.29, 1.82) is 0 Å². The van der Waals surface area contributed by atoms with E-state index in [1.54, 1.807) is 48.4 Å². The van der Waals surface area contributed by atoms with Crippen LogP contribution in [0.5, 0.6) is 0 Å². The summed E-state index contributed by atoms with van der Waals surface area (Å²) in [5.41, 5.74) is 2.27. The van der Waals surface area contributed by atoms with Gasteiger partial charge in [-0.15, -0.1) is 0 Å². The maximum Gasteiger partial charge on any atom is 0.338 e. The van der Waals surface area contributed by atoms with Gasteiger partial charge < -0.3 is 4.74 Å². The third kappa shape index (κ3) is 3.73. The van der Waals surface area contributed by atoms with Gasteiger partial charge in [0.05, 0.1) is 29.6 Å². The zero-order valence-corrected chi connectivity index (χ0v) is 19.0. The average molecular weight is 477 g/mol. The van der Waals surface area contributed by atoms with Crippen LogP contribution in [-0.4, -0.2) is 30.5 Å². The number of halogens is 1. The molecule has 2 saturated heterocycles. The van der Waals surface area contributed by atoms with E-state index in [0.29, 0.717) is 22.0 Å². The van der Waals surface area contributed by atoms with Crippen LogP contribution >= 0.6 is 11.6 Å². The molecule has 0 aliphatic carbocycles. The lowest BCUT2D eigenvalue weighted by Crippen LogP contribution is -2.37. The predicted octanol–water partition coefficient (Wildman–Crippen LogP) is 4.57. The van der Waals surface area contributed by atoms with E-state index in [2.05, 4.69) is 0 Å². The fraction of sp³-hybridized carbons (Fsp3) is 0.192. The monoisotopic (exact) mass is 476 g/mol. The van der Waals surface area contributed by atoms with Crippen LogP contribution in [0.4, 0.5) is 11.4 Å². The Morgan fingerprint density at radius 3 is 2.21 bits per heavy atom. The Morgan fingerprint density at radius 2 is 1.56 bits per heavy atom. The first-order chi connectivity index (χ1) is 16.5. The van der Waals surface area contributed by atoms with E-state index < -0.39 is 29.9 Å². The SMILES string of the molecule is CCOC(=O)c1ccc(N2C(=O)[C@@H]3[C@H](ON(c4ccc(Cl)cc4)[C@H]3c3ccccc3)C2=O)cc1. The van der Waals surface area contributed by atoms with Crippen molar-refractivity contribution in [2.45, 2.75) is 19.1 Å². The number of hydroxylamine groups is 1. The van der Waals surface area contributed by atoms with Gasteiger partial charge in [-0.2, -0.15) is 0 Å². The largest absolute Gasteiger partial charge is 0.462 e. The number of ether oxygens (including phenoxy) is 1. The quantitative estimate of drug-likeness (QED) is 0.396. The van der Waals surface area contributed by atoms with Crippen LogP contribution in [-0.2, 0) is 19.2 Å². The minimum atomic E-state index is -0.974. The van der Waals surface area contributed by atoms with Crippen molar-refractivity contribution in [3.8, 4) is 0 Å². The second-order valence-electron chi connectivity index (χ2n) is 7.99. The minimum absolute atomic E-state index is 0.259. The summed E-state index contributed by atoms with van der Waals surface area (Å²) in [4.78, 5) is 46.2. The van der Waals surface area contributed by atoms with E-state index in [1.807, 2.05) is 30.3 Å². The molecule has 0 aromatic heterocycles. The van der Waals surface area contributed by atoms with Gasteiger partial charge in [0, 0.05) is 5.02 Å². The molecule has 0 N–H and O–H groups in total. The van der Waals surface area contributed by atoms with Gasteiger partial charge in [-0.05, 0) is 61.0 Å². The molecule has 172 valence electrons. The van der Waals surface area contributed by atoms with Crippen LogP contribution in [0.1, 0.15) is 28.9 Å². The summed E-state index contributed by atoms with van der Waals surface area (Å²) in [6.07, 6.45) is -0.974. The van der Waals surface area contributed by atoms with E-state index in [4.69, 9.17) is 21.2 Å². The second kappa shape index (κ2) is 8.93. The van der Waals surface area contributed by atoms with Crippen LogP contribution in [0, 0.1) is 5.92 Å². The first-order valence-corrected chi connectivity index (χ1v) is 11.3. The molecular formula is C26H21ClN2O5. The Bertz CT molecular complexity index is 1230. The fourth-order valence-electron chi connectivity index (χ4n) is 4.43.